The third-order valence-electron chi connectivity index (χ3n) is 6.39. The van der Waals surface area contributed by atoms with Gasteiger partial charge >= 0.3 is 0 Å². The molecule has 1 fully saturated rings. The smallest absolute Gasteiger partial charge is 0.157 e. The summed E-state index contributed by atoms with van der Waals surface area (Å²) in [7, 11) is 0. The van der Waals surface area contributed by atoms with E-state index in [1.54, 1.807) is 24.3 Å². The van der Waals surface area contributed by atoms with Crippen LogP contribution >= 0.6 is 23.2 Å². The summed E-state index contributed by atoms with van der Waals surface area (Å²) in [5.74, 6) is 0.468. The van der Waals surface area contributed by atoms with Gasteiger partial charge in [-0.3, -0.25) is 10.4 Å². The third kappa shape index (κ3) is 4.70. The van der Waals surface area contributed by atoms with E-state index in [0.717, 1.165) is 32.4 Å². The Kier molecular flexibility index (Phi) is 6.73. The first-order chi connectivity index (χ1) is 17.3. The topological polar surface area (TPSA) is 104 Å². The number of aromatic amines is 1. The molecule has 0 aliphatic carbocycles. The molecule has 186 valence electrons. The van der Waals surface area contributed by atoms with Crippen molar-refractivity contribution in [3.8, 4) is 5.75 Å². The molecule has 1 saturated heterocycles. The number of nitrogens with zero attached hydrogens (tertiary/aromatic N) is 3. The van der Waals surface area contributed by atoms with E-state index in [1.165, 1.54) is 18.5 Å². The lowest BCUT2D eigenvalue weighted by molar-refractivity contribution is 0.227. The van der Waals surface area contributed by atoms with Crippen molar-refractivity contribution in [2.45, 2.75) is 32.3 Å². The molecule has 3 heterocycles. The normalized spacial score (nSPS) is 14.7. The fraction of sp³-hybridized carbons (Fsp3) is 0.269. The SMILES string of the molecule is CC(Oc1ccc(N)c(C(=N)c2nc3cc(N4CCCCC4)c(F)cc3[nH]2)c1)c1c(Cl)cncc1Cl. The van der Waals surface area contributed by atoms with E-state index in [-0.39, 0.29) is 17.4 Å². The molecular weight excluding hydrogens is 502 g/mol. The molecular formula is C26H25Cl2FN6O. The number of H-pyrrole nitrogens is 1. The number of hydrogen-bond donors (Lipinski definition) is 3. The highest BCUT2D eigenvalue weighted by atomic mass is 35.5. The Morgan fingerprint density at radius 2 is 1.86 bits per heavy atom. The number of imidazole rings is 1. The maximum Gasteiger partial charge on any atom is 0.157 e. The van der Waals surface area contributed by atoms with Crippen LogP contribution in [0.25, 0.3) is 11.0 Å². The van der Waals surface area contributed by atoms with Crippen LogP contribution in [0, 0.1) is 11.2 Å². The minimum atomic E-state index is -0.471. The Morgan fingerprint density at radius 3 is 2.58 bits per heavy atom. The first-order valence-electron chi connectivity index (χ1n) is 11.7. The Bertz CT molecular complexity index is 1430. The van der Waals surface area contributed by atoms with Gasteiger partial charge in [0.2, 0.25) is 0 Å². The number of anilines is 2. The number of piperidine rings is 1. The molecule has 10 heteroatoms. The molecule has 4 N–H and O–H groups in total. The van der Waals surface area contributed by atoms with E-state index < -0.39 is 6.10 Å². The summed E-state index contributed by atoms with van der Waals surface area (Å²) in [6.45, 7) is 3.47. The number of nitrogens with one attached hydrogen (secondary N) is 2. The molecule has 0 amide bonds. The van der Waals surface area contributed by atoms with E-state index in [4.69, 9.17) is 39.1 Å². The van der Waals surface area contributed by atoms with Crippen LogP contribution in [0.3, 0.4) is 0 Å². The molecule has 0 saturated carbocycles. The quantitative estimate of drug-likeness (QED) is 0.195. The zero-order valence-corrected chi connectivity index (χ0v) is 21.1. The number of halogens is 3. The van der Waals surface area contributed by atoms with Crippen molar-refractivity contribution in [1.82, 2.24) is 15.0 Å². The molecule has 7 nitrogen and oxygen atoms in total. The summed E-state index contributed by atoms with van der Waals surface area (Å²) in [5, 5.41) is 9.57. The fourth-order valence-electron chi connectivity index (χ4n) is 4.54. The fourth-order valence-corrected chi connectivity index (χ4v) is 5.21. The predicted octanol–water partition coefficient (Wildman–Crippen LogP) is 6.53. The average Bonchev–Trinajstić information content (AvgIpc) is 3.27. The van der Waals surface area contributed by atoms with Gasteiger partial charge in [-0.2, -0.15) is 0 Å². The minimum Gasteiger partial charge on any atom is -0.486 e. The molecule has 1 atom stereocenters. The van der Waals surface area contributed by atoms with Crippen molar-refractivity contribution in [2.75, 3.05) is 23.7 Å². The standard InChI is InChI=1S/C26H25Cl2FN6O/c1-14(24-17(27)12-32-13-18(24)28)36-15-5-6-20(30)16(9-15)25(31)26-33-21-10-19(29)23(11-22(21)34-26)35-7-3-2-4-8-35/h5-6,9-14,31H,2-4,7-8,30H2,1H3,(H,33,34). The number of pyridine rings is 1. The summed E-state index contributed by atoms with van der Waals surface area (Å²) in [6.07, 6.45) is 5.80. The van der Waals surface area contributed by atoms with Crippen molar-refractivity contribution >= 4 is 51.3 Å². The third-order valence-corrected chi connectivity index (χ3v) is 6.99. The average molecular weight is 527 g/mol. The van der Waals surface area contributed by atoms with Crippen molar-refractivity contribution in [3.05, 3.63) is 75.5 Å². The second-order valence-electron chi connectivity index (χ2n) is 8.85. The molecule has 0 radical (unpaired) electrons. The highest BCUT2D eigenvalue weighted by Crippen LogP contribution is 2.34. The van der Waals surface area contributed by atoms with E-state index in [0.29, 0.717) is 49.3 Å². The highest BCUT2D eigenvalue weighted by Gasteiger charge is 2.20. The second kappa shape index (κ2) is 9.95. The van der Waals surface area contributed by atoms with Gasteiger partial charge in [-0.1, -0.05) is 23.2 Å². The van der Waals surface area contributed by atoms with Crippen LogP contribution in [-0.4, -0.2) is 33.8 Å². The van der Waals surface area contributed by atoms with Crippen molar-refractivity contribution < 1.29 is 9.13 Å². The first kappa shape index (κ1) is 24.3. The van der Waals surface area contributed by atoms with Crippen molar-refractivity contribution in [3.63, 3.8) is 0 Å². The molecule has 36 heavy (non-hydrogen) atoms. The Balaban J connectivity index is 1.43. The van der Waals surface area contributed by atoms with Gasteiger partial charge in [-0.25, -0.2) is 9.37 Å². The van der Waals surface area contributed by atoms with Crippen LogP contribution in [0.2, 0.25) is 10.0 Å². The van der Waals surface area contributed by atoms with Crippen LogP contribution in [0.1, 0.15) is 49.2 Å². The molecule has 1 aliphatic heterocycles. The number of nitrogens with two attached hydrogens (primary N) is 1. The van der Waals surface area contributed by atoms with E-state index in [2.05, 4.69) is 19.9 Å². The van der Waals surface area contributed by atoms with E-state index >= 15 is 0 Å². The van der Waals surface area contributed by atoms with Gasteiger partial charge in [0, 0.05) is 48.4 Å². The van der Waals surface area contributed by atoms with Crippen LogP contribution in [0.15, 0.2) is 42.7 Å². The summed E-state index contributed by atoms with van der Waals surface area (Å²) in [5.41, 5.74) is 9.38. The summed E-state index contributed by atoms with van der Waals surface area (Å²) in [6, 6.07) is 8.24. The van der Waals surface area contributed by atoms with Gasteiger partial charge in [0.25, 0.3) is 0 Å². The zero-order valence-electron chi connectivity index (χ0n) is 19.6. The molecule has 0 bridgehead atoms. The van der Waals surface area contributed by atoms with Crippen molar-refractivity contribution in [2.24, 2.45) is 0 Å². The highest BCUT2D eigenvalue weighted by molar-refractivity contribution is 6.35. The zero-order chi connectivity index (χ0) is 25.4. The molecule has 1 unspecified atom stereocenters. The molecule has 4 aromatic rings. The van der Waals surface area contributed by atoms with Crippen molar-refractivity contribution in [1.29, 1.82) is 5.41 Å². The summed E-state index contributed by atoms with van der Waals surface area (Å²) >= 11 is 12.5. The van der Waals surface area contributed by atoms with Gasteiger partial charge in [0.1, 0.15) is 23.4 Å². The Labute approximate surface area is 217 Å². The maximum absolute atomic E-state index is 14.9. The number of rotatable bonds is 6. The van der Waals surface area contributed by atoms with Gasteiger partial charge in [-0.15, -0.1) is 0 Å². The Morgan fingerprint density at radius 1 is 1.14 bits per heavy atom. The van der Waals surface area contributed by atoms with E-state index in [1.807, 2.05) is 6.92 Å². The first-order valence-corrected chi connectivity index (χ1v) is 12.5. The van der Waals surface area contributed by atoms with Gasteiger partial charge in [0.05, 0.1) is 26.8 Å². The maximum atomic E-state index is 14.9. The molecule has 1 aliphatic rings. The Hall–Kier alpha value is -3.36. The van der Waals surface area contributed by atoms with Crippen LogP contribution in [0.5, 0.6) is 5.75 Å². The van der Waals surface area contributed by atoms with E-state index in [9.17, 15) is 4.39 Å². The monoisotopic (exact) mass is 526 g/mol. The molecule has 5 rings (SSSR count). The predicted molar refractivity (Wildman–Crippen MR) is 142 cm³/mol. The number of ether oxygens (including phenoxy) is 1. The lowest BCUT2D eigenvalue weighted by atomic mass is 10.1. The molecule has 2 aromatic heterocycles. The second-order valence-corrected chi connectivity index (χ2v) is 9.67. The minimum absolute atomic E-state index is 0.0710. The molecule has 0 spiro atoms. The summed E-state index contributed by atoms with van der Waals surface area (Å²) in [4.78, 5) is 13.7. The number of fused-ring (bicyclic) bond motifs is 1. The molecule has 2 aromatic carbocycles. The van der Waals surface area contributed by atoms with Gasteiger partial charge in [0.15, 0.2) is 5.82 Å². The number of aromatic nitrogens is 3. The number of nitrogen functional groups attached to an aromatic ring is 1. The lowest BCUT2D eigenvalue weighted by Crippen LogP contribution is -2.30. The number of benzene rings is 2. The van der Waals surface area contributed by atoms with Gasteiger partial charge in [-0.05, 0) is 50.5 Å². The summed E-state index contributed by atoms with van der Waals surface area (Å²) < 4.78 is 20.9. The van der Waals surface area contributed by atoms with Crippen LogP contribution < -0.4 is 15.4 Å². The van der Waals surface area contributed by atoms with Crippen LogP contribution in [0.4, 0.5) is 15.8 Å². The van der Waals surface area contributed by atoms with Crippen LogP contribution in [-0.2, 0) is 0 Å². The van der Waals surface area contributed by atoms with Gasteiger partial charge < -0.3 is 20.4 Å². The largest absolute Gasteiger partial charge is 0.486 e. The lowest BCUT2D eigenvalue weighted by Gasteiger charge is -2.29. The number of hydrogen-bond acceptors (Lipinski definition) is 6.